The molecule has 1 saturated heterocycles. The lowest BCUT2D eigenvalue weighted by Gasteiger charge is -2.23. The van der Waals surface area contributed by atoms with Crippen molar-refractivity contribution in [2.45, 2.75) is 19.3 Å². The summed E-state index contributed by atoms with van der Waals surface area (Å²) in [5.74, 6) is 0.882. The molecule has 2 N–H and O–H groups in total. The van der Waals surface area contributed by atoms with Crippen molar-refractivity contribution in [2.75, 3.05) is 13.1 Å². The van der Waals surface area contributed by atoms with E-state index in [2.05, 4.69) is 5.32 Å². The van der Waals surface area contributed by atoms with Crippen LogP contribution in [-0.4, -0.2) is 18.2 Å². The summed E-state index contributed by atoms with van der Waals surface area (Å²) in [7, 11) is 0. The van der Waals surface area contributed by atoms with Crippen LogP contribution < -0.4 is 5.32 Å². The number of hydrogen-bond donors (Lipinski definition) is 2. The van der Waals surface area contributed by atoms with Crippen LogP contribution in [0.25, 0.3) is 0 Å². The number of piperidine rings is 1. The summed E-state index contributed by atoms with van der Waals surface area (Å²) in [6.07, 6.45) is 3.38. The Balaban J connectivity index is 2.06. The summed E-state index contributed by atoms with van der Waals surface area (Å²) in [6.45, 7) is 2.17. The van der Waals surface area contributed by atoms with Gasteiger partial charge in [-0.25, -0.2) is 0 Å². The van der Waals surface area contributed by atoms with E-state index in [4.69, 9.17) is 11.6 Å². The van der Waals surface area contributed by atoms with Crippen molar-refractivity contribution in [3.05, 3.63) is 28.8 Å². The van der Waals surface area contributed by atoms with E-state index in [9.17, 15) is 5.11 Å². The molecule has 0 aromatic heterocycles. The molecule has 3 heteroatoms. The largest absolute Gasteiger partial charge is 0.506 e. The first-order chi connectivity index (χ1) is 7.27. The molecule has 1 aliphatic rings. The van der Waals surface area contributed by atoms with Crippen LogP contribution in [-0.2, 0) is 6.42 Å². The second-order valence-electron chi connectivity index (χ2n) is 4.16. The summed E-state index contributed by atoms with van der Waals surface area (Å²) in [6, 6.07) is 5.57. The summed E-state index contributed by atoms with van der Waals surface area (Å²) in [5.41, 5.74) is 0.969. The fraction of sp³-hybridized carbons (Fsp3) is 0.500. The normalized spacial score (nSPS) is 21.5. The Morgan fingerprint density at radius 2 is 2.33 bits per heavy atom. The number of rotatable bonds is 2. The number of halogens is 1. The third kappa shape index (κ3) is 2.64. The zero-order chi connectivity index (χ0) is 10.7. The van der Waals surface area contributed by atoms with Crippen LogP contribution in [0.1, 0.15) is 18.4 Å². The number of para-hydroxylation sites is 1. The highest BCUT2D eigenvalue weighted by molar-refractivity contribution is 6.32. The standard InChI is InChI=1S/C12H16ClNO/c13-11-5-1-4-10(12(11)15)7-9-3-2-6-14-8-9/h1,4-5,9,14-15H,2-3,6-8H2. The third-order valence-electron chi connectivity index (χ3n) is 2.98. The monoisotopic (exact) mass is 225 g/mol. The number of aromatic hydroxyl groups is 1. The minimum atomic E-state index is 0.254. The number of hydrogen-bond acceptors (Lipinski definition) is 2. The molecule has 1 aromatic carbocycles. The molecule has 82 valence electrons. The topological polar surface area (TPSA) is 32.3 Å². The molecular weight excluding hydrogens is 210 g/mol. The van der Waals surface area contributed by atoms with Gasteiger partial charge in [0.1, 0.15) is 5.75 Å². The van der Waals surface area contributed by atoms with Gasteiger partial charge in [-0.15, -0.1) is 0 Å². The molecule has 2 nitrogen and oxygen atoms in total. The van der Waals surface area contributed by atoms with Gasteiger partial charge in [-0.2, -0.15) is 0 Å². The van der Waals surface area contributed by atoms with Crippen LogP contribution >= 0.6 is 11.6 Å². The van der Waals surface area contributed by atoms with E-state index < -0.39 is 0 Å². The van der Waals surface area contributed by atoms with Crippen LogP contribution in [0.2, 0.25) is 5.02 Å². The summed E-state index contributed by atoms with van der Waals surface area (Å²) in [4.78, 5) is 0. The van der Waals surface area contributed by atoms with Crippen molar-refractivity contribution in [2.24, 2.45) is 5.92 Å². The van der Waals surface area contributed by atoms with E-state index in [0.717, 1.165) is 25.1 Å². The van der Waals surface area contributed by atoms with Crippen molar-refractivity contribution < 1.29 is 5.11 Å². The molecular formula is C12H16ClNO. The number of phenols is 1. The van der Waals surface area contributed by atoms with Gasteiger partial charge in [0, 0.05) is 0 Å². The van der Waals surface area contributed by atoms with E-state index in [0.29, 0.717) is 10.9 Å². The first-order valence-corrected chi connectivity index (χ1v) is 5.82. The predicted octanol–water partition coefficient (Wildman–Crippen LogP) is 2.59. The Bertz CT molecular complexity index is 334. The Morgan fingerprint density at radius 3 is 3.07 bits per heavy atom. The Labute approximate surface area is 95.3 Å². The second kappa shape index (κ2) is 4.86. The Morgan fingerprint density at radius 1 is 1.47 bits per heavy atom. The van der Waals surface area contributed by atoms with Crippen LogP contribution in [0.3, 0.4) is 0 Å². The highest BCUT2D eigenvalue weighted by Crippen LogP contribution is 2.29. The van der Waals surface area contributed by atoms with Crippen molar-refractivity contribution in [1.82, 2.24) is 5.32 Å². The van der Waals surface area contributed by atoms with Crippen LogP contribution in [0, 0.1) is 5.92 Å². The first kappa shape index (κ1) is 10.8. The van der Waals surface area contributed by atoms with E-state index in [-0.39, 0.29) is 5.75 Å². The van der Waals surface area contributed by atoms with Gasteiger partial charge in [0.15, 0.2) is 0 Å². The molecule has 0 aliphatic carbocycles. The van der Waals surface area contributed by atoms with Crippen molar-refractivity contribution in [3.63, 3.8) is 0 Å². The Hall–Kier alpha value is -0.730. The fourth-order valence-electron chi connectivity index (χ4n) is 2.13. The highest BCUT2D eigenvalue weighted by atomic mass is 35.5. The van der Waals surface area contributed by atoms with Gasteiger partial charge < -0.3 is 10.4 Å². The summed E-state index contributed by atoms with van der Waals surface area (Å²) < 4.78 is 0. The maximum atomic E-state index is 9.78. The van der Waals surface area contributed by atoms with Gasteiger partial charge in [-0.3, -0.25) is 0 Å². The number of phenolic OH excluding ortho intramolecular Hbond substituents is 1. The minimum Gasteiger partial charge on any atom is -0.506 e. The van der Waals surface area contributed by atoms with Crippen molar-refractivity contribution in [3.8, 4) is 5.75 Å². The molecule has 0 saturated carbocycles. The molecule has 0 amide bonds. The molecule has 1 fully saturated rings. The molecule has 0 radical (unpaired) electrons. The Kier molecular flexibility index (Phi) is 3.49. The number of benzene rings is 1. The fourth-order valence-corrected chi connectivity index (χ4v) is 2.33. The first-order valence-electron chi connectivity index (χ1n) is 5.44. The molecule has 1 unspecified atom stereocenters. The van der Waals surface area contributed by atoms with Gasteiger partial charge in [-0.05, 0) is 49.9 Å². The van der Waals surface area contributed by atoms with Gasteiger partial charge in [0.25, 0.3) is 0 Å². The average molecular weight is 226 g/mol. The van der Waals surface area contributed by atoms with Gasteiger partial charge in [0.2, 0.25) is 0 Å². The van der Waals surface area contributed by atoms with E-state index in [1.807, 2.05) is 12.1 Å². The average Bonchev–Trinajstić information content (AvgIpc) is 2.26. The maximum absolute atomic E-state index is 9.78. The molecule has 0 bridgehead atoms. The van der Waals surface area contributed by atoms with E-state index >= 15 is 0 Å². The van der Waals surface area contributed by atoms with E-state index in [1.165, 1.54) is 12.8 Å². The zero-order valence-electron chi connectivity index (χ0n) is 8.67. The van der Waals surface area contributed by atoms with Crippen molar-refractivity contribution in [1.29, 1.82) is 0 Å². The molecule has 0 spiro atoms. The van der Waals surface area contributed by atoms with Gasteiger partial charge in [-0.1, -0.05) is 23.7 Å². The third-order valence-corrected chi connectivity index (χ3v) is 3.28. The lowest BCUT2D eigenvalue weighted by molar-refractivity contribution is 0.370. The lowest BCUT2D eigenvalue weighted by atomic mass is 9.92. The zero-order valence-corrected chi connectivity index (χ0v) is 9.43. The maximum Gasteiger partial charge on any atom is 0.137 e. The minimum absolute atomic E-state index is 0.254. The molecule has 1 aliphatic heterocycles. The second-order valence-corrected chi connectivity index (χ2v) is 4.57. The van der Waals surface area contributed by atoms with Crippen LogP contribution in [0.4, 0.5) is 0 Å². The molecule has 1 heterocycles. The van der Waals surface area contributed by atoms with E-state index in [1.54, 1.807) is 6.07 Å². The SMILES string of the molecule is Oc1c(Cl)cccc1CC1CCCNC1. The molecule has 2 rings (SSSR count). The highest BCUT2D eigenvalue weighted by Gasteiger charge is 2.15. The van der Waals surface area contributed by atoms with Gasteiger partial charge in [0.05, 0.1) is 5.02 Å². The van der Waals surface area contributed by atoms with Crippen LogP contribution in [0.5, 0.6) is 5.75 Å². The summed E-state index contributed by atoms with van der Waals surface area (Å²) in [5, 5.41) is 13.6. The quantitative estimate of drug-likeness (QED) is 0.811. The number of nitrogens with one attached hydrogen (secondary N) is 1. The smallest absolute Gasteiger partial charge is 0.137 e. The van der Waals surface area contributed by atoms with Gasteiger partial charge >= 0.3 is 0 Å². The molecule has 15 heavy (non-hydrogen) atoms. The van der Waals surface area contributed by atoms with Crippen molar-refractivity contribution >= 4 is 11.6 Å². The predicted molar refractivity (Wildman–Crippen MR) is 62.4 cm³/mol. The summed E-state index contributed by atoms with van der Waals surface area (Å²) >= 11 is 5.87. The molecule has 1 aromatic rings. The van der Waals surface area contributed by atoms with Crippen LogP contribution in [0.15, 0.2) is 18.2 Å². The molecule has 1 atom stereocenters. The lowest BCUT2D eigenvalue weighted by Crippen LogP contribution is -2.30.